The molecule has 8 heteroatoms. The van der Waals surface area contributed by atoms with E-state index in [-0.39, 0.29) is 6.61 Å². The first kappa shape index (κ1) is 22.9. The molecule has 0 bridgehead atoms. The number of nitrogens with zero attached hydrogens (tertiary/aromatic N) is 3. The lowest BCUT2D eigenvalue weighted by Crippen LogP contribution is -2.40. The third-order valence-corrected chi connectivity index (χ3v) is 6.65. The molecule has 1 aliphatic rings. The van der Waals surface area contributed by atoms with Crippen molar-refractivity contribution in [2.45, 2.75) is 38.7 Å². The van der Waals surface area contributed by atoms with Crippen LogP contribution in [0.3, 0.4) is 0 Å². The van der Waals surface area contributed by atoms with Crippen molar-refractivity contribution >= 4 is 22.6 Å². The molecule has 0 aliphatic carbocycles. The van der Waals surface area contributed by atoms with E-state index in [4.69, 9.17) is 25.2 Å². The molecule has 178 valence electrons. The molecule has 4 aromatic rings. The maximum absolute atomic E-state index is 10.6. The summed E-state index contributed by atoms with van der Waals surface area (Å²) in [7, 11) is 0. The summed E-state index contributed by atoms with van der Waals surface area (Å²) < 4.78 is 17.3. The summed E-state index contributed by atoms with van der Waals surface area (Å²) in [5.41, 5.74) is 3.30. The lowest BCUT2D eigenvalue weighted by molar-refractivity contribution is 0.0599. The highest BCUT2D eigenvalue weighted by Gasteiger charge is 2.24. The van der Waals surface area contributed by atoms with Crippen LogP contribution in [0.2, 0.25) is 5.02 Å². The number of fused-ring (bicyclic) bond motifs is 1. The Labute approximate surface area is 203 Å². The number of ether oxygens (including phenoxy) is 1. The topological polar surface area (TPSA) is 84.8 Å². The molecule has 1 atom stereocenters. The Morgan fingerprint density at radius 1 is 1.12 bits per heavy atom. The van der Waals surface area contributed by atoms with E-state index in [0.717, 1.165) is 36.3 Å². The van der Waals surface area contributed by atoms with E-state index in [1.165, 1.54) is 11.1 Å². The SMILES string of the molecule is Cc1nnc(-c2cc3c(OCC(O)CN4CCC(c5ccc(Cl)cc5C)CC4)cccc3o2)o1. The van der Waals surface area contributed by atoms with Gasteiger partial charge in [0, 0.05) is 24.6 Å². The number of β-amino-alcohol motifs (C(OH)–C–C–N with tert-alkyl or cyclic N) is 1. The van der Waals surface area contributed by atoms with Gasteiger partial charge in [0.1, 0.15) is 24.0 Å². The Bertz CT molecular complexity index is 1280. The summed E-state index contributed by atoms with van der Waals surface area (Å²) in [5, 5.41) is 20.1. The lowest BCUT2D eigenvalue weighted by atomic mass is 9.87. The molecule has 1 unspecified atom stereocenters. The van der Waals surface area contributed by atoms with Crippen LogP contribution in [0.15, 0.2) is 51.3 Å². The number of hydrogen-bond acceptors (Lipinski definition) is 7. The summed E-state index contributed by atoms with van der Waals surface area (Å²) in [5.74, 6) is 2.49. The summed E-state index contributed by atoms with van der Waals surface area (Å²) >= 11 is 6.11. The highest BCUT2D eigenvalue weighted by atomic mass is 35.5. The second-order valence-corrected chi connectivity index (χ2v) is 9.38. The second kappa shape index (κ2) is 9.78. The van der Waals surface area contributed by atoms with Crippen LogP contribution in [0.1, 0.15) is 35.8 Å². The number of hydrogen-bond donors (Lipinski definition) is 1. The van der Waals surface area contributed by atoms with Crippen molar-refractivity contribution in [2.75, 3.05) is 26.2 Å². The zero-order chi connectivity index (χ0) is 23.7. The minimum atomic E-state index is -0.589. The molecule has 2 aromatic carbocycles. The van der Waals surface area contributed by atoms with Gasteiger partial charge in [0.05, 0.1) is 5.39 Å². The van der Waals surface area contributed by atoms with E-state index in [9.17, 15) is 5.11 Å². The number of furan rings is 1. The van der Waals surface area contributed by atoms with E-state index in [1.807, 2.05) is 36.4 Å². The fourth-order valence-electron chi connectivity index (χ4n) is 4.72. The standard InChI is InChI=1S/C26H28ClN3O4/c1-16-12-19(27)6-7-21(16)18-8-10-30(11-9-18)14-20(31)15-32-23-4-3-5-24-22(23)13-25(34-24)26-29-28-17(2)33-26/h3-7,12-13,18,20,31H,8-11,14-15H2,1-2H3. The Morgan fingerprint density at radius 2 is 1.94 bits per heavy atom. The van der Waals surface area contributed by atoms with Crippen LogP contribution in [0.25, 0.3) is 22.6 Å². The number of benzene rings is 2. The van der Waals surface area contributed by atoms with Crippen molar-refractivity contribution in [2.24, 2.45) is 0 Å². The van der Waals surface area contributed by atoms with Crippen molar-refractivity contribution in [1.82, 2.24) is 15.1 Å². The van der Waals surface area contributed by atoms with E-state index >= 15 is 0 Å². The number of aliphatic hydroxyl groups excluding tert-OH is 1. The highest BCUT2D eigenvalue weighted by Crippen LogP contribution is 2.34. The highest BCUT2D eigenvalue weighted by molar-refractivity contribution is 6.30. The van der Waals surface area contributed by atoms with Crippen LogP contribution >= 0.6 is 11.6 Å². The van der Waals surface area contributed by atoms with Crippen LogP contribution in [-0.4, -0.2) is 52.5 Å². The molecular formula is C26H28ClN3O4. The number of likely N-dealkylation sites (tertiary alicyclic amines) is 1. The fraction of sp³-hybridized carbons (Fsp3) is 0.385. The van der Waals surface area contributed by atoms with Crippen LogP contribution in [0, 0.1) is 13.8 Å². The van der Waals surface area contributed by atoms with Gasteiger partial charge >= 0.3 is 0 Å². The van der Waals surface area contributed by atoms with E-state index in [1.54, 1.807) is 6.92 Å². The maximum atomic E-state index is 10.6. The predicted molar refractivity (Wildman–Crippen MR) is 130 cm³/mol. The Morgan fingerprint density at radius 3 is 2.68 bits per heavy atom. The number of aliphatic hydroxyl groups is 1. The Kier molecular flexibility index (Phi) is 6.59. The molecule has 0 amide bonds. The number of aryl methyl sites for hydroxylation is 2. The number of halogens is 1. The molecule has 5 rings (SSSR count). The minimum Gasteiger partial charge on any atom is -0.490 e. The molecule has 3 heterocycles. The van der Waals surface area contributed by atoms with Crippen molar-refractivity contribution in [3.63, 3.8) is 0 Å². The molecule has 7 nitrogen and oxygen atoms in total. The number of aromatic nitrogens is 2. The minimum absolute atomic E-state index is 0.204. The Hall–Kier alpha value is -2.87. The molecule has 34 heavy (non-hydrogen) atoms. The zero-order valence-electron chi connectivity index (χ0n) is 19.3. The first-order valence-electron chi connectivity index (χ1n) is 11.6. The van der Waals surface area contributed by atoms with Gasteiger partial charge in [0.2, 0.25) is 5.89 Å². The summed E-state index contributed by atoms with van der Waals surface area (Å²) in [6.45, 7) is 6.55. The quantitative estimate of drug-likeness (QED) is 0.379. The monoisotopic (exact) mass is 481 g/mol. The van der Waals surface area contributed by atoms with E-state index in [0.29, 0.717) is 41.3 Å². The second-order valence-electron chi connectivity index (χ2n) is 8.95. The van der Waals surface area contributed by atoms with Gasteiger partial charge in [-0.2, -0.15) is 0 Å². The van der Waals surface area contributed by atoms with Crippen LogP contribution in [0.4, 0.5) is 0 Å². The first-order chi connectivity index (χ1) is 16.5. The molecular weight excluding hydrogens is 454 g/mol. The van der Waals surface area contributed by atoms with Crippen LogP contribution in [0.5, 0.6) is 5.75 Å². The van der Waals surface area contributed by atoms with Gasteiger partial charge in [0.25, 0.3) is 5.89 Å². The van der Waals surface area contributed by atoms with Crippen molar-refractivity contribution < 1.29 is 18.7 Å². The average molecular weight is 482 g/mol. The van der Waals surface area contributed by atoms with Gasteiger partial charge < -0.3 is 23.6 Å². The van der Waals surface area contributed by atoms with Gasteiger partial charge in [-0.15, -0.1) is 10.2 Å². The molecule has 1 aliphatic heterocycles. The van der Waals surface area contributed by atoms with E-state index in [2.05, 4.69) is 28.1 Å². The lowest BCUT2D eigenvalue weighted by Gasteiger charge is -2.33. The smallest absolute Gasteiger partial charge is 0.283 e. The first-order valence-corrected chi connectivity index (χ1v) is 12.0. The van der Waals surface area contributed by atoms with Gasteiger partial charge in [-0.25, -0.2) is 0 Å². The van der Waals surface area contributed by atoms with Crippen molar-refractivity contribution in [3.05, 3.63) is 64.5 Å². The molecule has 1 saturated heterocycles. The molecule has 0 saturated carbocycles. The molecule has 1 N–H and O–H groups in total. The van der Waals surface area contributed by atoms with Gasteiger partial charge in [-0.05, 0) is 74.2 Å². The normalized spacial score (nSPS) is 16.2. The molecule has 1 fully saturated rings. The maximum Gasteiger partial charge on any atom is 0.283 e. The number of piperidine rings is 1. The molecule has 0 spiro atoms. The summed E-state index contributed by atoms with van der Waals surface area (Å²) in [4.78, 5) is 2.31. The van der Waals surface area contributed by atoms with Gasteiger partial charge in [-0.1, -0.05) is 23.7 Å². The predicted octanol–water partition coefficient (Wildman–Crippen LogP) is 5.37. The zero-order valence-corrected chi connectivity index (χ0v) is 20.1. The average Bonchev–Trinajstić information content (AvgIpc) is 3.45. The summed E-state index contributed by atoms with van der Waals surface area (Å²) in [6, 6.07) is 13.6. The van der Waals surface area contributed by atoms with Gasteiger partial charge in [0.15, 0.2) is 5.76 Å². The van der Waals surface area contributed by atoms with Gasteiger partial charge in [-0.3, -0.25) is 0 Å². The van der Waals surface area contributed by atoms with Crippen molar-refractivity contribution in [3.8, 4) is 17.4 Å². The van der Waals surface area contributed by atoms with Crippen molar-refractivity contribution in [1.29, 1.82) is 0 Å². The molecule has 2 aromatic heterocycles. The molecule has 0 radical (unpaired) electrons. The summed E-state index contributed by atoms with van der Waals surface area (Å²) in [6.07, 6.45) is 1.55. The third-order valence-electron chi connectivity index (χ3n) is 6.42. The largest absolute Gasteiger partial charge is 0.490 e. The number of rotatable bonds is 7. The fourth-order valence-corrected chi connectivity index (χ4v) is 4.95. The Balaban J connectivity index is 1.16. The van der Waals surface area contributed by atoms with Crippen LogP contribution in [-0.2, 0) is 0 Å². The van der Waals surface area contributed by atoms with Crippen LogP contribution < -0.4 is 4.74 Å². The third kappa shape index (κ3) is 4.97. The van der Waals surface area contributed by atoms with E-state index < -0.39 is 6.10 Å².